The van der Waals surface area contributed by atoms with Crippen LogP contribution < -0.4 is 10.1 Å². The summed E-state index contributed by atoms with van der Waals surface area (Å²) in [4.78, 5) is 18.5. The third-order valence-electron chi connectivity index (χ3n) is 4.69. The topological polar surface area (TPSA) is 89.7 Å². The van der Waals surface area contributed by atoms with Crippen LogP contribution in [0.3, 0.4) is 0 Å². The molecule has 2 aliphatic rings. The number of fused-ring (bicyclic) bond motifs is 1. The van der Waals surface area contributed by atoms with E-state index in [1.807, 2.05) is 39.0 Å². The van der Waals surface area contributed by atoms with Gasteiger partial charge in [-0.3, -0.25) is 0 Å². The van der Waals surface area contributed by atoms with Gasteiger partial charge in [0.05, 0.1) is 5.69 Å². The molecule has 148 valence electrons. The fourth-order valence-electron chi connectivity index (χ4n) is 3.32. The number of nitrogens with one attached hydrogen (secondary N) is 1. The summed E-state index contributed by atoms with van der Waals surface area (Å²) in [6.45, 7) is 10.6. The molecule has 1 saturated heterocycles. The Bertz CT molecular complexity index is 907. The minimum atomic E-state index is -0.487. The van der Waals surface area contributed by atoms with E-state index in [4.69, 9.17) is 14.0 Å². The molecule has 1 amide bonds. The van der Waals surface area contributed by atoms with Crippen LogP contribution in [-0.2, 0) is 4.74 Å². The van der Waals surface area contributed by atoms with Crippen LogP contribution in [0.15, 0.2) is 35.2 Å². The standard InChI is InChI=1S/C20H24N4O4/c1-12-21-15-11-14(5-6-16(15)26-12)18-22-17(23-28-18)13-7-9-24(10-8-13)19(25)27-20(2,3)4/h5-6,11,13,21H,1,7-10H2,2-4H3. The molecule has 0 unspecified atom stereocenters. The van der Waals surface area contributed by atoms with Crippen LogP contribution in [0.1, 0.15) is 45.4 Å². The second-order valence-corrected chi connectivity index (χ2v) is 8.06. The lowest BCUT2D eigenvalue weighted by Crippen LogP contribution is -2.41. The fourth-order valence-corrected chi connectivity index (χ4v) is 3.32. The first kappa shape index (κ1) is 18.3. The molecular weight excluding hydrogens is 360 g/mol. The summed E-state index contributed by atoms with van der Waals surface area (Å²) < 4.78 is 16.4. The summed E-state index contributed by atoms with van der Waals surface area (Å²) in [6.07, 6.45) is 1.28. The van der Waals surface area contributed by atoms with Gasteiger partial charge < -0.3 is 24.2 Å². The lowest BCUT2D eigenvalue weighted by Gasteiger charge is -2.32. The summed E-state index contributed by atoms with van der Waals surface area (Å²) in [7, 11) is 0. The largest absolute Gasteiger partial charge is 0.444 e. The predicted octanol–water partition coefficient (Wildman–Crippen LogP) is 4.13. The molecule has 0 spiro atoms. The minimum absolute atomic E-state index is 0.159. The van der Waals surface area contributed by atoms with Crippen LogP contribution in [0, 0.1) is 0 Å². The molecule has 0 atom stereocenters. The van der Waals surface area contributed by atoms with Crippen molar-refractivity contribution in [3.05, 3.63) is 36.5 Å². The first-order chi connectivity index (χ1) is 13.3. The second-order valence-electron chi connectivity index (χ2n) is 8.06. The van der Waals surface area contributed by atoms with Gasteiger partial charge in [-0.05, 0) is 58.4 Å². The van der Waals surface area contributed by atoms with E-state index in [-0.39, 0.29) is 12.0 Å². The van der Waals surface area contributed by atoms with Crippen molar-refractivity contribution in [1.29, 1.82) is 0 Å². The zero-order valence-corrected chi connectivity index (χ0v) is 16.3. The average molecular weight is 384 g/mol. The fraction of sp³-hybridized carbons (Fsp3) is 0.450. The van der Waals surface area contributed by atoms with Gasteiger partial charge in [-0.15, -0.1) is 0 Å². The van der Waals surface area contributed by atoms with Crippen molar-refractivity contribution in [2.75, 3.05) is 18.4 Å². The van der Waals surface area contributed by atoms with Gasteiger partial charge >= 0.3 is 6.09 Å². The number of piperidine rings is 1. The van der Waals surface area contributed by atoms with Crippen LogP contribution in [0.5, 0.6) is 5.75 Å². The molecule has 8 nitrogen and oxygen atoms in total. The number of carbonyl (C=O) groups is 1. The first-order valence-corrected chi connectivity index (χ1v) is 9.38. The molecule has 2 aromatic rings. The molecule has 1 fully saturated rings. The highest BCUT2D eigenvalue weighted by Crippen LogP contribution is 2.36. The van der Waals surface area contributed by atoms with E-state index in [1.54, 1.807) is 4.90 Å². The molecule has 0 radical (unpaired) electrons. The Kier molecular flexibility index (Phi) is 4.49. The molecule has 1 N–H and O–H groups in total. The zero-order valence-electron chi connectivity index (χ0n) is 16.3. The van der Waals surface area contributed by atoms with E-state index in [0.29, 0.717) is 30.7 Å². The van der Waals surface area contributed by atoms with Crippen LogP contribution >= 0.6 is 0 Å². The second kappa shape index (κ2) is 6.85. The molecule has 0 bridgehead atoms. The molecule has 4 rings (SSSR count). The maximum Gasteiger partial charge on any atom is 0.410 e. The Morgan fingerprint density at radius 3 is 2.79 bits per heavy atom. The molecule has 28 heavy (non-hydrogen) atoms. The SMILES string of the molecule is C=C1Nc2cc(-c3nc(C4CCN(C(=O)OC(C)(C)C)CC4)no3)ccc2O1. The van der Waals surface area contributed by atoms with Gasteiger partial charge in [0.15, 0.2) is 17.5 Å². The number of aromatic nitrogens is 2. The minimum Gasteiger partial charge on any atom is -0.444 e. The maximum absolute atomic E-state index is 12.2. The number of hydrogen-bond acceptors (Lipinski definition) is 7. The van der Waals surface area contributed by atoms with Crippen molar-refractivity contribution in [2.45, 2.75) is 45.1 Å². The van der Waals surface area contributed by atoms with Crippen LogP contribution in [0.25, 0.3) is 11.5 Å². The van der Waals surface area contributed by atoms with Gasteiger partial charge in [0.2, 0.25) is 0 Å². The Balaban J connectivity index is 1.40. The highest BCUT2D eigenvalue weighted by atomic mass is 16.6. The molecule has 3 heterocycles. The Morgan fingerprint density at radius 1 is 1.32 bits per heavy atom. The van der Waals surface area contributed by atoms with Gasteiger partial charge in [0.1, 0.15) is 5.60 Å². The van der Waals surface area contributed by atoms with Crippen molar-refractivity contribution >= 4 is 11.8 Å². The number of nitrogens with zero attached hydrogens (tertiary/aromatic N) is 3. The normalized spacial score (nSPS) is 17.1. The monoisotopic (exact) mass is 384 g/mol. The summed E-state index contributed by atoms with van der Waals surface area (Å²) in [6, 6.07) is 5.62. The number of likely N-dealkylation sites (tertiary alicyclic amines) is 1. The highest BCUT2D eigenvalue weighted by molar-refractivity contribution is 5.71. The summed E-state index contributed by atoms with van der Waals surface area (Å²) >= 11 is 0. The predicted molar refractivity (Wildman–Crippen MR) is 103 cm³/mol. The van der Waals surface area contributed by atoms with Crippen molar-refractivity contribution in [2.24, 2.45) is 0 Å². The first-order valence-electron chi connectivity index (χ1n) is 9.38. The number of anilines is 1. The number of benzene rings is 1. The summed E-state index contributed by atoms with van der Waals surface area (Å²) in [5.74, 6) is 2.52. The summed E-state index contributed by atoms with van der Waals surface area (Å²) in [5, 5.41) is 7.22. The Labute approximate surface area is 163 Å². The van der Waals surface area contributed by atoms with Gasteiger partial charge in [-0.25, -0.2) is 4.79 Å². The smallest absolute Gasteiger partial charge is 0.410 e. The van der Waals surface area contributed by atoms with Crippen LogP contribution in [-0.4, -0.2) is 39.8 Å². The van der Waals surface area contributed by atoms with E-state index >= 15 is 0 Å². The summed E-state index contributed by atoms with van der Waals surface area (Å²) in [5.41, 5.74) is 1.15. The van der Waals surface area contributed by atoms with Gasteiger partial charge in [-0.2, -0.15) is 4.98 Å². The molecule has 1 aromatic carbocycles. The number of rotatable bonds is 2. The number of hydrogen-bond donors (Lipinski definition) is 1. The molecular formula is C20H24N4O4. The molecule has 8 heteroatoms. The molecule has 0 saturated carbocycles. The Hall–Kier alpha value is -3.03. The lowest BCUT2D eigenvalue weighted by atomic mass is 9.96. The van der Waals surface area contributed by atoms with Crippen molar-refractivity contribution in [3.63, 3.8) is 0 Å². The average Bonchev–Trinajstić information content (AvgIpc) is 3.25. The number of amides is 1. The van der Waals surface area contributed by atoms with Crippen molar-refractivity contribution in [1.82, 2.24) is 15.0 Å². The number of carbonyl (C=O) groups excluding carboxylic acids is 1. The van der Waals surface area contributed by atoms with Crippen LogP contribution in [0.4, 0.5) is 10.5 Å². The van der Waals surface area contributed by atoms with E-state index in [2.05, 4.69) is 22.0 Å². The maximum atomic E-state index is 12.2. The quantitative estimate of drug-likeness (QED) is 0.833. The molecule has 0 aliphatic carbocycles. The lowest BCUT2D eigenvalue weighted by molar-refractivity contribution is 0.0203. The van der Waals surface area contributed by atoms with Gasteiger partial charge in [0, 0.05) is 24.6 Å². The van der Waals surface area contributed by atoms with Gasteiger partial charge in [-0.1, -0.05) is 5.16 Å². The van der Waals surface area contributed by atoms with E-state index in [1.165, 1.54) is 0 Å². The van der Waals surface area contributed by atoms with Gasteiger partial charge in [0.25, 0.3) is 5.89 Å². The van der Waals surface area contributed by atoms with Crippen LogP contribution in [0.2, 0.25) is 0 Å². The van der Waals surface area contributed by atoms with E-state index in [0.717, 1.165) is 29.8 Å². The Morgan fingerprint density at radius 2 is 2.07 bits per heavy atom. The number of ether oxygens (including phenoxy) is 2. The van der Waals surface area contributed by atoms with Crippen molar-refractivity contribution in [3.8, 4) is 17.2 Å². The highest BCUT2D eigenvalue weighted by Gasteiger charge is 2.30. The molecule has 2 aliphatic heterocycles. The molecule has 1 aromatic heterocycles. The van der Waals surface area contributed by atoms with E-state index in [9.17, 15) is 4.79 Å². The zero-order chi connectivity index (χ0) is 19.9. The van der Waals surface area contributed by atoms with Crippen molar-refractivity contribution < 1.29 is 18.8 Å². The van der Waals surface area contributed by atoms with E-state index < -0.39 is 5.60 Å². The third-order valence-corrected chi connectivity index (χ3v) is 4.69. The third kappa shape index (κ3) is 3.81.